The van der Waals surface area contributed by atoms with Gasteiger partial charge in [-0.2, -0.15) is 13.2 Å². The molecule has 0 saturated heterocycles. The van der Waals surface area contributed by atoms with Gasteiger partial charge < -0.3 is 4.42 Å². The van der Waals surface area contributed by atoms with E-state index in [9.17, 15) is 18.0 Å². The van der Waals surface area contributed by atoms with Gasteiger partial charge in [-0.15, -0.1) is 5.10 Å². The van der Waals surface area contributed by atoms with Crippen LogP contribution < -0.4 is 5.32 Å². The lowest BCUT2D eigenvalue weighted by Gasteiger charge is -2.05. The molecule has 0 aliphatic heterocycles. The topological polar surface area (TPSA) is 68.0 Å². The number of carbonyl (C=O) groups is 1. The Morgan fingerprint density at radius 1 is 1.00 bits per heavy atom. The van der Waals surface area contributed by atoms with E-state index in [1.807, 2.05) is 31.2 Å². The molecule has 2 aromatic carbocycles. The third-order valence-electron chi connectivity index (χ3n) is 3.93. The van der Waals surface area contributed by atoms with Crippen molar-refractivity contribution < 1.29 is 22.4 Å². The molecule has 1 heterocycles. The lowest BCUT2D eigenvalue weighted by molar-refractivity contribution is -0.137. The van der Waals surface area contributed by atoms with Crippen molar-refractivity contribution in [3.05, 3.63) is 65.2 Å². The second kappa shape index (κ2) is 7.61. The van der Waals surface area contributed by atoms with Gasteiger partial charge in [0.15, 0.2) is 0 Å². The standard InChI is InChI=1S/C19H16F3N3O2/c1-2-12-3-5-13(6-4-12)11-16(26)23-18-25-24-17(27-18)14-7-9-15(10-8-14)19(20,21)22/h3-10H,2,11H2,1H3,(H,23,25,26). The van der Waals surface area contributed by atoms with Crippen LogP contribution in [0.5, 0.6) is 0 Å². The first-order chi connectivity index (χ1) is 12.8. The van der Waals surface area contributed by atoms with Gasteiger partial charge in [0.1, 0.15) is 0 Å². The lowest BCUT2D eigenvalue weighted by Crippen LogP contribution is -2.14. The fourth-order valence-electron chi connectivity index (χ4n) is 2.43. The van der Waals surface area contributed by atoms with E-state index >= 15 is 0 Å². The molecule has 27 heavy (non-hydrogen) atoms. The number of benzene rings is 2. The first-order valence-electron chi connectivity index (χ1n) is 8.24. The van der Waals surface area contributed by atoms with Crippen LogP contribution in [0.25, 0.3) is 11.5 Å². The van der Waals surface area contributed by atoms with Crippen LogP contribution in [0, 0.1) is 0 Å². The fraction of sp³-hybridized carbons (Fsp3) is 0.211. The Bertz CT molecular complexity index is 917. The molecule has 3 rings (SSSR count). The summed E-state index contributed by atoms with van der Waals surface area (Å²) in [6.45, 7) is 2.05. The molecule has 0 radical (unpaired) electrons. The molecule has 0 spiro atoms. The van der Waals surface area contributed by atoms with Gasteiger partial charge in [-0.3, -0.25) is 10.1 Å². The number of alkyl halides is 3. The molecule has 1 aromatic heterocycles. The number of carbonyl (C=O) groups excluding carboxylic acids is 1. The van der Waals surface area contributed by atoms with E-state index in [2.05, 4.69) is 15.5 Å². The van der Waals surface area contributed by atoms with Crippen LogP contribution in [0.3, 0.4) is 0 Å². The van der Waals surface area contributed by atoms with Crippen LogP contribution in [0.2, 0.25) is 0 Å². The second-order valence-electron chi connectivity index (χ2n) is 5.88. The number of hydrogen-bond donors (Lipinski definition) is 1. The maximum Gasteiger partial charge on any atom is 0.416 e. The molecule has 5 nitrogen and oxygen atoms in total. The number of nitrogens with one attached hydrogen (secondary N) is 1. The number of rotatable bonds is 5. The van der Waals surface area contributed by atoms with Crippen LogP contribution in [-0.4, -0.2) is 16.1 Å². The highest BCUT2D eigenvalue weighted by Crippen LogP contribution is 2.30. The quantitative estimate of drug-likeness (QED) is 0.713. The molecule has 0 bridgehead atoms. The van der Waals surface area contributed by atoms with Crippen molar-refractivity contribution in [2.24, 2.45) is 0 Å². The van der Waals surface area contributed by atoms with Crippen molar-refractivity contribution in [2.45, 2.75) is 25.9 Å². The van der Waals surface area contributed by atoms with E-state index in [0.717, 1.165) is 24.1 Å². The summed E-state index contributed by atoms with van der Waals surface area (Å²) in [6, 6.07) is 11.9. The maximum atomic E-state index is 12.6. The second-order valence-corrected chi connectivity index (χ2v) is 5.88. The number of aromatic nitrogens is 2. The molecular weight excluding hydrogens is 359 g/mol. The number of nitrogens with zero attached hydrogens (tertiary/aromatic N) is 2. The Labute approximate surface area is 153 Å². The summed E-state index contributed by atoms with van der Waals surface area (Å²) in [6.07, 6.45) is -3.36. The van der Waals surface area contributed by atoms with E-state index in [1.54, 1.807) is 0 Å². The Morgan fingerprint density at radius 2 is 1.63 bits per heavy atom. The molecule has 1 amide bonds. The maximum absolute atomic E-state index is 12.6. The lowest BCUT2D eigenvalue weighted by atomic mass is 10.1. The predicted molar refractivity (Wildman–Crippen MR) is 92.9 cm³/mol. The number of hydrogen-bond acceptors (Lipinski definition) is 4. The highest BCUT2D eigenvalue weighted by molar-refractivity contribution is 5.90. The van der Waals surface area contributed by atoms with Crippen LogP contribution in [0.4, 0.5) is 19.2 Å². The summed E-state index contributed by atoms with van der Waals surface area (Å²) in [5.41, 5.74) is 1.57. The average Bonchev–Trinajstić information content (AvgIpc) is 3.10. The fourth-order valence-corrected chi connectivity index (χ4v) is 2.43. The molecule has 1 N–H and O–H groups in total. The van der Waals surface area contributed by atoms with Crippen molar-refractivity contribution in [1.29, 1.82) is 0 Å². The largest absolute Gasteiger partial charge is 0.416 e. The smallest absolute Gasteiger partial charge is 0.403 e. The number of amides is 1. The van der Waals surface area contributed by atoms with E-state index in [1.165, 1.54) is 17.7 Å². The molecule has 0 aliphatic carbocycles. The van der Waals surface area contributed by atoms with Crippen molar-refractivity contribution >= 4 is 11.9 Å². The minimum absolute atomic E-state index is 0.0197. The zero-order valence-corrected chi connectivity index (χ0v) is 14.4. The summed E-state index contributed by atoms with van der Waals surface area (Å²) in [4.78, 5) is 12.1. The minimum atomic E-state index is -4.41. The van der Waals surface area contributed by atoms with Crippen LogP contribution in [0.1, 0.15) is 23.6 Å². The summed E-state index contributed by atoms with van der Waals surface area (Å²) in [5, 5.41) is 9.94. The van der Waals surface area contributed by atoms with Crippen LogP contribution >= 0.6 is 0 Å². The Balaban J connectivity index is 1.64. The molecule has 8 heteroatoms. The van der Waals surface area contributed by atoms with Gasteiger partial charge in [0.2, 0.25) is 11.8 Å². The van der Waals surface area contributed by atoms with Crippen molar-refractivity contribution in [3.63, 3.8) is 0 Å². The molecule has 0 aliphatic rings. The Hall–Kier alpha value is -3.16. The van der Waals surface area contributed by atoms with Gasteiger partial charge in [0.05, 0.1) is 12.0 Å². The first kappa shape index (κ1) is 18.6. The highest BCUT2D eigenvalue weighted by Gasteiger charge is 2.30. The monoisotopic (exact) mass is 375 g/mol. The molecule has 3 aromatic rings. The zero-order valence-electron chi connectivity index (χ0n) is 14.4. The molecule has 0 saturated carbocycles. The SMILES string of the molecule is CCc1ccc(CC(=O)Nc2nnc(-c3ccc(C(F)(F)F)cc3)o2)cc1. The van der Waals surface area contributed by atoms with Crippen LogP contribution in [0.15, 0.2) is 52.9 Å². The Morgan fingerprint density at radius 3 is 2.22 bits per heavy atom. The zero-order chi connectivity index (χ0) is 19.4. The van der Waals surface area contributed by atoms with Crippen molar-refractivity contribution in [2.75, 3.05) is 5.32 Å². The molecular formula is C19H16F3N3O2. The van der Waals surface area contributed by atoms with E-state index in [-0.39, 0.29) is 24.2 Å². The number of anilines is 1. The van der Waals surface area contributed by atoms with Gasteiger partial charge in [-0.1, -0.05) is 36.3 Å². The number of aryl methyl sites for hydroxylation is 1. The van der Waals surface area contributed by atoms with E-state index in [4.69, 9.17) is 4.42 Å². The van der Waals surface area contributed by atoms with Gasteiger partial charge in [0.25, 0.3) is 0 Å². The Kier molecular flexibility index (Phi) is 5.25. The summed E-state index contributed by atoms with van der Waals surface area (Å²) >= 11 is 0. The van der Waals surface area contributed by atoms with Gasteiger partial charge in [0, 0.05) is 5.56 Å². The summed E-state index contributed by atoms with van der Waals surface area (Å²) in [7, 11) is 0. The van der Waals surface area contributed by atoms with Crippen molar-refractivity contribution in [3.8, 4) is 11.5 Å². The average molecular weight is 375 g/mol. The minimum Gasteiger partial charge on any atom is -0.403 e. The predicted octanol–water partition coefficient (Wildman–Crippen LogP) is 4.50. The third kappa shape index (κ3) is 4.72. The molecule has 0 unspecified atom stereocenters. The summed E-state index contributed by atoms with van der Waals surface area (Å²) in [5.74, 6) is -0.312. The molecule has 0 atom stereocenters. The van der Waals surface area contributed by atoms with Gasteiger partial charge >= 0.3 is 12.2 Å². The van der Waals surface area contributed by atoms with E-state index < -0.39 is 11.7 Å². The van der Waals surface area contributed by atoms with Crippen molar-refractivity contribution in [1.82, 2.24) is 10.2 Å². The molecule has 140 valence electrons. The summed E-state index contributed by atoms with van der Waals surface area (Å²) < 4.78 is 43.1. The molecule has 0 fully saturated rings. The number of halogens is 3. The normalized spacial score (nSPS) is 11.4. The highest BCUT2D eigenvalue weighted by atomic mass is 19.4. The van der Waals surface area contributed by atoms with Gasteiger partial charge in [-0.05, 0) is 41.8 Å². The first-order valence-corrected chi connectivity index (χ1v) is 8.24. The van der Waals surface area contributed by atoms with E-state index in [0.29, 0.717) is 5.56 Å². The third-order valence-corrected chi connectivity index (χ3v) is 3.93. The van der Waals surface area contributed by atoms with Crippen LogP contribution in [-0.2, 0) is 23.8 Å². The van der Waals surface area contributed by atoms with Gasteiger partial charge in [-0.25, -0.2) is 0 Å².